The zero-order chi connectivity index (χ0) is 20.8. The standard InChI is InChI=1S/C22H15FN4O3/c23-17-3-1-14(8-16(17)11-24)22-25-21(26-30-22)13-2-4-18-15(7-13)9-19-12(10-20(28)29)5-6-27(18)19/h1-4,7-9,12H,5-6,10H2,(H,28,29)/t12-/m0/s1. The lowest BCUT2D eigenvalue weighted by Gasteiger charge is -2.04. The van der Waals surface area contributed by atoms with Crippen LogP contribution in [0.3, 0.4) is 0 Å². The summed E-state index contributed by atoms with van der Waals surface area (Å²) in [5, 5.41) is 23.1. The van der Waals surface area contributed by atoms with Gasteiger partial charge in [0.1, 0.15) is 11.9 Å². The molecule has 0 unspecified atom stereocenters. The fourth-order valence-electron chi connectivity index (χ4n) is 4.07. The first kappa shape index (κ1) is 18.1. The van der Waals surface area contributed by atoms with Crippen LogP contribution in [0.25, 0.3) is 33.7 Å². The third-order valence-corrected chi connectivity index (χ3v) is 5.49. The molecule has 0 aliphatic carbocycles. The normalized spacial score (nSPS) is 15.3. The zero-order valence-electron chi connectivity index (χ0n) is 15.7. The van der Waals surface area contributed by atoms with Gasteiger partial charge in [0, 0.05) is 40.2 Å². The largest absolute Gasteiger partial charge is 0.481 e. The molecule has 0 bridgehead atoms. The fraction of sp³-hybridized carbons (Fsp3) is 0.182. The van der Waals surface area contributed by atoms with Crippen LogP contribution in [0.4, 0.5) is 4.39 Å². The van der Waals surface area contributed by atoms with E-state index in [0.29, 0.717) is 11.4 Å². The predicted molar refractivity (Wildman–Crippen MR) is 105 cm³/mol. The highest BCUT2D eigenvalue weighted by Crippen LogP contribution is 2.37. The smallest absolute Gasteiger partial charge is 0.304 e. The van der Waals surface area contributed by atoms with E-state index < -0.39 is 11.8 Å². The molecule has 1 N–H and O–H groups in total. The maximum Gasteiger partial charge on any atom is 0.304 e. The Kier molecular flexibility index (Phi) is 4.10. The lowest BCUT2D eigenvalue weighted by Crippen LogP contribution is -2.02. The number of aryl methyl sites for hydroxylation is 1. The SMILES string of the molecule is N#Cc1cc(-c2nc(-c3ccc4c(c3)cc3n4CC[C@H]3CC(=O)O)no2)ccc1F. The molecule has 4 aromatic rings. The fourth-order valence-corrected chi connectivity index (χ4v) is 4.07. The first-order valence-corrected chi connectivity index (χ1v) is 9.42. The Morgan fingerprint density at radius 1 is 1.27 bits per heavy atom. The molecule has 5 rings (SSSR count). The van der Waals surface area contributed by atoms with Crippen LogP contribution in [0.1, 0.15) is 30.0 Å². The van der Waals surface area contributed by atoms with Gasteiger partial charge in [-0.15, -0.1) is 0 Å². The van der Waals surface area contributed by atoms with E-state index in [1.165, 1.54) is 18.2 Å². The quantitative estimate of drug-likeness (QED) is 0.545. The Balaban J connectivity index is 1.49. The molecule has 0 radical (unpaired) electrons. The van der Waals surface area contributed by atoms with E-state index in [4.69, 9.17) is 14.9 Å². The average Bonchev–Trinajstić information content (AvgIpc) is 3.44. The Bertz CT molecular complexity index is 1350. The monoisotopic (exact) mass is 402 g/mol. The molecule has 2 aromatic heterocycles. The Hall–Kier alpha value is -3.99. The molecule has 2 aromatic carbocycles. The van der Waals surface area contributed by atoms with Crippen LogP contribution in [-0.4, -0.2) is 25.8 Å². The van der Waals surface area contributed by atoms with Crippen LogP contribution < -0.4 is 0 Å². The van der Waals surface area contributed by atoms with E-state index in [1.807, 2.05) is 24.3 Å². The van der Waals surface area contributed by atoms with Gasteiger partial charge in [-0.05, 0) is 48.9 Å². The molecule has 148 valence electrons. The highest BCUT2D eigenvalue weighted by Gasteiger charge is 2.27. The van der Waals surface area contributed by atoms with Crippen molar-refractivity contribution >= 4 is 16.9 Å². The average molecular weight is 402 g/mol. The van der Waals surface area contributed by atoms with Crippen molar-refractivity contribution in [3.05, 3.63) is 59.5 Å². The van der Waals surface area contributed by atoms with Gasteiger partial charge in [0.05, 0.1) is 12.0 Å². The molecule has 30 heavy (non-hydrogen) atoms. The first-order chi connectivity index (χ1) is 14.5. The Morgan fingerprint density at radius 2 is 2.10 bits per heavy atom. The Labute approximate surface area is 170 Å². The molecule has 1 atom stereocenters. The number of aromatic nitrogens is 3. The number of rotatable bonds is 4. The van der Waals surface area contributed by atoms with Crippen molar-refractivity contribution in [2.45, 2.75) is 25.3 Å². The molecule has 0 amide bonds. The summed E-state index contributed by atoms with van der Waals surface area (Å²) in [5.41, 5.74) is 3.20. The number of nitrogens with zero attached hydrogens (tertiary/aromatic N) is 4. The summed E-state index contributed by atoms with van der Waals surface area (Å²) in [4.78, 5) is 15.5. The van der Waals surface area contributed by atoms with Crippen LogP contribution in [0.15, 0.2) is 47.0 Å². The molecule has 8 heteroatoms. The van der Waals surface area contributed by atoms with Crippen LogP contribution >= 0.6 is 0 Å². The summed E-state index contributed by atoms with van der Waals surface area (Å²) in [7, 11) is 0. The molecule has 1 aliphatic rings. The van der Waals surface area contributed by atoms with Crippen molar-refractivity contribution < 1.29 is 18.8 Å². The molecule has 1 aliphatic heterocycles. The van der Waals surface area contributed by atoms with Crippen molar-refractivity contribution in [2.24, 2.45) is 0 Å². The summed E-state index contributed by atoms with van der Waals surface area (Å²) in [6.45, 7) is 0.800. The Morgan fingerprint density at radius 3 is 2.90 bits per heavy atom. The van der Waals surface area contributed by atoms with Gasteiger partial charge in [-0.2, -0.15) is 10.2 Å². The van der Waals surface area contributed by atoms with Gasteiger partial charge in [-0.1, -0.05) is 5.16 Å². The number of benzene rings is 2. The lowest BCUT2D eigenvalue weighted by atomic mass is 10.0. The highest BCUT2D eigenvalue weighted by molar-refractivity contribution is 5.86. The summed E-state index contributed by atoms with van der Waals surface area (Å²) < 4.78 is 21.0. The minimum atomic E-state index is -0.793. The van der Waals surface area contributed by atoms with E-state index in [2.05, 4.69) is 14.7 Å². The number of carboxylic acids is 1. The molecule has 0 fully saturated rings. The van der Waals surface area contributed by atoms with Gasteiger partial charge in [0.15, 0.2) is 0 Å². The van der Waals surface area contributed by atoms with Gasteiger partial charge in [-0.25, -0.2) is 4.39 Å². The van der Waals surface area contributed by atoms with E-state index in [-0.39, 0.29) is 23.8 Å². The maximum atomic E-state index is 13.5. The van der Waals surface area contributed by atoms with Gasteiger partial charge in [0.25, 0.3) is 5.89 Å². The predicted octanol–water partition coefficient (Wildman–Crippen LogP) is 4.33. The second-order valence-corrected chi connectivity index (χ2v) is 7.31. The number of hydrogen-bond acceptors (Lipinski definition) is 5. The number of carboxylic acid groups (broad SMARTS) is 1. The molecule has 0 saturated carbocycles. The number of nitriles is 1. The van der Waals surface area contributed by atoms with Crippen LogP contribution in [0.2, 0.25) is 0 Å². The molecule has 0 spiro atoms. The van der Waals surface area contributed by atoms with E-state index in [9.17, 15) is 9.18 Å². The number of carbonyl (C=O) groups is 1. The number of aliphatic carboxylic acids is 1. The van der Waals surface area contributed by atoms with Crippen molar-refractivity contribution in [1.82, 2.24) is 14.7 Å². The van der Waals surface area contributed by atoms with Crippen LogP contribution in [-0.2, 0) is 11.3 Å². The molecular formula is C22H15FN4O3. The summed E-state index contributed by atoms with van der Waals surface area (Å²) in [5.74, 6) is -0.804. The third-order valence-electron chi connectivity index (χ3n) is 5.49. The molecule has 7 nitrogen and oxygen atoms in total. The van der Waals surface area contributed by atoms with Crippen molar-refractivity contribution in [2.75, 3.05) is 0 Å². The van der Waals surface area contributed by atoms with Gasteiger partial charge >= 0.3 is 5.97 Å². The van der Waals surface area contributed by atoms with Gasteiger partial charge in [0.2, 0.25) is 5.82 Å². The number of fused-ring (bicyclic) bond motifs is 3. The van der Waals surface area contributed by atoms with Crippen molar-refractivity contribution in [1.29, 1.82) is 5.26 Å². The van der Waals surface area contributed by atoms with Gasteiger partial charge < -0.3 is 14.2 Å². The molecular weight excluding hydrogens is 387 g/mol. The summed E-state index contributed by atoms with van der Waals surface area (Å²) in [6.07, 6.45) is 0.954. The summed E-state index contributed by atoms with van der Waals surface area (Å²) >= 11 is 0. The van der Waals surface area contributed by atoms with Crippen LogP contribution in [0.5, 0.6) is 0 Å². The van der Waals surface area contributed by atoms with Crippen LogP contribution in [0, 0.1) is 17.1 Å². The second kappa shape index (κ2) is 6.81. The topological polar surface area (TPSA) is 105 Å². The third kappa shape index (κ3) is 2.92. The maximum absolute atomic E-state index is 13.5. The van der Waals surface area contributed by atoms with E-state index >= 15 is 0 Å². The lowest BCUT2D eigenvalue weighted by molar-refractivity contribution is -0.137. The van der Waals surface area contributed by atoms with E-state index in [0.717, 1.165) is 35.1 Å². The van der Waals surface area contributed by atoms with Crippen molar-refractivity contribution in [3.8, 4) is 28.9 Å². The molecule has 0 saturated heterocycles. The zero-order valence-corrected chi connectivity index (χ0v) is 15.7. The first-order valence-electron chi connectivity index (χ1n) is 9.42. The minimum Gasteiger partial charge on any atom is -0.481 e. The molecule has 3 heterocycles. The van der Waals surface area contributed by atoms with Gasteiger partial charge in [-0.3, -0.25) is 4.79 Å². The highest BCUT2D eigenvalue weighted by atomic mass is 19.1. The second-order valence-electron chi connectivity index (χ2n) is 7.31. The number of hydrogen-bond donors (Lipinski definition) is 1. The van der Waals surface area contributed by atoms with Crippen molar-refractivity contribution in [3.63, 3.8) is 0 Å². The van der Waals surface area contributed by atoms with E-state index in [1.54, 1.807) is 6.07 Å². The number of halogens is 1. The summed E-state index contributed by atoms with van der Waals surface area (Å²) in [6, 6.07) is 13.7. The minimum absolute atomic E-state index is 0.0166.